The molecule has 0 saturated heterocycles. The van der Waals surface area contributed by atoms with Gasteiger partial charge in [-0.25, -0.2) is 0 Å². The highest BCUT2D eigenvalue weighted by atomic mass is 16.2. The second-order valence-electron chi connectivity index (χ2n) is 8.05. The van der Waals surface area contributed by atoms with Gasteiger partial charge in [-0.05, 0) is 48.7 Å². The monoisotopic (exact) mass is 428 g/mol. The van der Waals surface area contributed by atoms with Crippen LogP contribution in [0.2, 0.25) is 0 Å². The molecule has 1 atom stereocenters. The molecule has 6 heteroatoms. The van der Waals surface area contributed by atoms with E-state index in [1.165, 1.54) is 0 Å². The van der Waals surface area contributed by atoms with E-state index in [4.69, 9.17) is 0 Å². The highest BCUT2D eigenvalue weighted by Crippen LogP contribution is 2.21. The maximum atomic E-state index is 13.4. The molecule has 0 bridgehead atoms. The largest absolute Gasteiger partial charge is 0.361 e. The van der Waals surface area contributed by atoms with E-state index in [1.54, 1.807) is 10.6 Å². The first-order valence-electron chi connectivity index (χ1n) is 10.8. The van der Waals surface area contributed by atoms with Crippen LogP contribution in [-0.4, -0.2) is 45.9 Å². The minimum atomic E-state index is -0.109. The quantitative estimate of drug-likeness (QED) is 0.445. The molecule has 0 aliphatic carbocycles. The number of carbonyl (C=O) groups excluding carboxylic acids is 2. The Kier molecular flexibility index (Phi) is 6.40. The molecular formula is C26H28N4O2. The molecule has 2 aromatic carbocycles. The molecule has 4 aromatic rings. The van der Waals surface area contributed by atoms with Crippen molar-refractivity contribution in [1.29, 1.82) is 0 Å². The van der Waals surface area contributed by atoms with Gasteiger partial charge in [-0.3, -0.25) is 9.59 Å². The number of nitrogens with one attached hydrogen (secondary N) is 2. The first-order chi connectivity index (χ1) is 15.5. The van der Waals surface area contributed by atoms with Crippen molar-refractivity contribution in [2.24, 2.45) is 7.05 Å². The van der Waals surface area contributed by atoms with Crippen LogP contribution in [0, 0.1) is 0 Å². The highest BCUT2D eigenvalue weighted by Gasteiger charge is 2.23. The third-order valence-electron chi connectivity index (χ3n) is 5.95. The van der Waals surface area contributed by atoms with Crippen molar-refractivity contribution in [2.75, 3.05) is 13.6 Å². The fourth-order valence-corrected chi connectivity index (χ4v) is 4.09. The van der Waals surface area contributed by atoms with Crippen LogP contribution in [0.15, 0.2) is 79.1 Å². The average molecular weight is 429 g/mol. The lowest BCUT2D eigenvalue weighted by Crippen LogP contribution is -2.41. The van der Waals surface area contributed by atoms with Crippen LogP contribution in [0.1, 0.15) is 32.8 Å². The maximum Gasteiger partial charge on any atom is 0.267 e. The summed E-state index contributed by atoms with van der Waals surface area (Å²) in [7, 11) is 3.70. The van der Waals surface area contributed by atoms with Crippen LogP contribution in [0.5, 0.6) is 0 Å². The number of aromatic amines is 1. The second-order valence-corrected chi connectivity index (χ2v) is 8.05. The third kappa shape index (κ3) is 4.59. The number of hydrogen-bond donors (Lipinski definition) is 2. The van der Waals surface area contributed by atoms with Crippen molar-refractivity contribution in [3.05, 3.63) is 95.9 Å². The number of hydrogen-bond acceptors (Lipinski definition) is 2. The van der Waals surface area contributed by atoms with Crippen LogP contribution in [0.25, 0.3) is 10.9 Å². The SMILES string of the molecule is CN(C(=O)c1cccc2[nH]ccc12)C(CCNC(=O)c1cccn1C)Cc1ccccc1. The molecule has 6 nitrogen and oxygen atoms in total. The molecule has 2 heterocycles. The second kappa shape index (κ2) is 9.56. The fourth-order valence-electron chi connectivity index (χ4n) is 4.09. The van der Waals surface area contributed by atoms with Crippen molar-refractivity contribution >= 4 is 22.7 Å². The Hall–Kier alpha value is -3.80. The van der Waals surface area contributed by atoms with Gasteiger partial charge in [0.05, 0.1) is 0 Å². The van der Waals surface area contributed by atoms with Crippen molar-refractivity contribution in [1.82, 2.24) is 19.8 Å². The molecule has 2 N–H and O–H groups in total. The van der Waals surface area contributed by atoms with Crippen LogP contribution < -0.4 is 5.32 Å². The molecule has 0 spiro atoms. The minimum Gasteiger partial charge on any atom is -0.361 e. The highest BCUT2D eigenvalue weighted by molar-refractivity contribution is 6.06. The molecule has 164 valence electrons. The van der Waals surface area contributed by atoms with Gasteiger partial charge in [0.25, 0.3) is 11.8 Å². The van der Waals surface area contributed by atoms with Crippen molar-refractivity contribution < 1.29 is 9.59 Å². The van der Waals surface area contributed by atoms with E-state index in [1.807, 2.05) is 79.9 Å². The molecule has 1 unspecified atom stereocenters. The molecule has 0 aliphatic rings. The number of aryl methyl sites for hydroxylation is 1. The normalized spacial score (nSPS) is 11.9. The van der Waals surface area contributed by atoms with Gasteiger partial charge >= 0.3 is 0 Å². The zero-order valence-electron chi connectivity index (χ0n) is 18.4. The van der Waals surface area contributed by atoms with Crippen LogP contribution >= 0.6 is 0 Å². The van der Waals surface area contributed by atoms with Gasteiger partial charge in [0.1, 0.15) is 5.69 Å². The maximum absolute atomic E-state index is 13.4. The Balaban J connectivity index is 1.50. The van der Waals surface area contributed by atoms with Gasteiger partial charge < -0.3 is 19.8 Å². The molecule has 32 heavy (non-hydrogen) atoms. The Bertz CT molecular complexity index is 1210. The van der Waals surface area contributed by atoms with Gasteiger partial charge in [-0.2, -0.15) is 0 Å². The number of nitrogens with zero attached hydrogens (tertiary/aromatic N) is 2. The third-order valence-corrected chi connectivity index (χ3v) is 5.95. The number of amides is 2. The minimum absolute atomic E-state index is 0.0232. The molecule has 0 fully saturated rings. The Labute approximate surface area is 187 Å². The van der Waals surface area contributed by atoms with E-state index >= 15 is 0 Å². The van der Waals surface area contributed by atoms with E-state index in [-0.39, 0.29) is 17.9 Å². The van der Waals surface area contributed by atoms with Crippen LogP contribution in [0.4, 0.5) is 0 Å². The number of aromatic nitrogens is 2. The smallest absolute Gasteiger partial charge is 0.267 e. The number of benzene rings is 2. The predicted molar refractivity (Wildman–Crippen MR) is 127 cm³/mol. The number of H-pyrrole nitrogens is 1. The van der Waals surface area contributed by atoms with Crippen LogP contribution in [0.3, 0.4) is 0 Å². The molecule has 0 aliphatic heterocycles. The van der Waals surface area contributed by atoms with Gasteiger partial charge in [-0.1, -0.05) is 36.4 Å². The summed E-state index contributed by atoms with van der Waals surface area (Å²) in [5.74, 6) is -0.132. The van der Waals surface area contributed by atoms with Crippen molar-refractivity contribution in [2.45, 2.75) is 18.9 Å². The molecule has 2 amide bonds. The average Bonchev–Trinajstić information content (AvgIpc) is 3.46. The lowest BCUT2D eigenvalue weighted by atomic mass is 10.0. The first kappa shape index (κ1) is 21.4. The van der Waals surface area contributed by atoms with Gasteiger partial charge in [0.15, 0.2) is 0 Å². The topological polar surface area (TPSA) is 70.1 Å². The number of carbonyl (C=O) groups is 2. The summed E-state index contributed by atoms with van der Waals surface area (Å²) in [5.41, 5.74) is 3.40. The molecule has 0 saturated carbocycles. The standard InChI is InChI=1S/C26H28N4O2/c1-29-17-7-12-24(29)25(31)28-15-13-20(18-19-8-4-3-5-9-19)30(2)26(32)22-10-6-11-23-21(22)14-16-27-23/h3-12,14,16-17,20,27H,13,15,18H2,1-2H3,(H,28,31). The number of fused-ring (bicyclic) bond motifs is 1. The van der Waals surface area contributed by atoms with Crippen LogP contribution in [-0.2, 0) is 13.5 Å². The van der Waals surface area contributed by atoms with Gasteiger partial charge in [0.2, 0.25) is 0 Å². The molecular weight excluding hydrogens is 400 g/mol. The summed E-state index contributed by atoms with van der Waals surface area (Å²) in [4.78, 5) is 30.9. The van der Waals surface area contributed by atoms with Gasteiger partial charge in [0, 0.05) is 55.5 Å². The fraction of sp³-hybridized carbons (Fsp3) is 0.231. The number of likely N-dealkylation sites (N-methyl/N-ethyl adjacent to an activating group) is 1. The predicted octanol–water partition coefficient (Wildman–Crippen LogP) is 4.01. The first-order valence-corrected chi connectivity index (χ1v) is 10.8. The van der Waals surface area contributed by atoms with E-state index in [2.05, 4.69) is 22.4 Å². The summed E-state index contributed by atoms with van der Waals surface area (Å²) < 4.78 is 1.80. The zero-order chi connectivity index (χ0) is 22.5. The molecule has 2 aromatic heterocycles. The summed E-state index contributed by atoms with van der Waals surface area (Å²) in [6.07, 6.45) is 5.06. The van der Waals surface area contributed by atoms with Crippen molar-refractivity contribution in [3.8, 4) is 0 Å². The lowest BCUT2D eigenvalue weighted by Gasteiger charge is -2.29. The summed E-state index contributed by atoms with van der Waals surface area (Å²) >= 11 is 0. The zero-order valence-corrected chi connectivity index (χ0v) is 18.4. The summed E-state index contributed by atoms with van der Waals surface area (Å²) in [6.45, 7) is 0.480. The lowest BCUT2D eigenvalue weighted by molar-refractivity contribution is 0.0725. The van der Waals surface area contributed by atoms with E-state index in [0.717, 1.165) is 16.5 Å². The van der Waals surface area contributed by atoms with E-state index in [0.29, 0.717) is 30.6 Å². The Morgan fingerprint density at radius 1 is 1.03 bits per heavy atom. The summed E-state index contributed by atoms with van der Waals surface area (Å²) in [6, 6.07) is 21.4. The van der Waals surface area contributed by atoms with Crippen molar-refractivity contribution in [3.63, 3.8) is 0 Å². The number of rotatable bonds is 8. The molecule has 4 rings (SSSR count). The van der Waals surface area contributed by atoms with E-state index in [9.17, 15) is 9.59 Å². The van der Waals surface area contributed by atoms with E-state index < -0.39 is 0 Å². The Morgan fingerprint density at radius 2 is 1.84 bits per heavy atom. The summed E-state index contributed by atoms with van der Waals surface area (Å²) in [5, 5.41) is 3.91. The molecule has 0 radical (unpaired) electrons. The Morgan fingerprint density at radius 3 is 2.59 bits per heavy atom. The van der Waals surface area contributed by atoms with Gasteiger partial charge in [-0.15, -0.1) is 0 Å².